The van der Waals surface area contributed by atoms with Crippen LogP contribution in [0.3, 0.4) is 0 Å². The summed E-state index contributed by atoms with van der Waals surface area (Å²) in [4.78, 5) is 0. The Kier molecular flexibility index (Phi) is 2.93. The molecule has 1 unspecified atom stereocenters. The minimum absolute atomic E-state index is 0.172. The van der Waals surface area contributed by atoms with Crippen LogP contribution < -0.4 is 0 Å². The molecule has 0 aliphatic heterocycles. The molecule has 2 heteroatoms. The molecule has 1 rings (SSSR count). The van der Waals surface area contributed by atoms with Gasteiger partial charge in [0.25, 0.3) is 0 Å². The average molecular weight is 189 g/mol. The molecule has 74 valence electrons. The zero-order valence-electron chi connectivity index (χ0n) is 8.78. The molecule has 0 saturated carbocycles. The van der Waals surface area contributed by atoms with Crippen molar-refractivity contribution in [3.8, 4) is 6.07 Å². The van der Waals surface area contributed by atoms with E-state index >= 15 is 0 Å². The van der Waals surface area contributed by atoms with Crippen molar-refractivity contribution in [1.29, 1.82) is 5.26 Å². The highest BCUT2D eigenvalue weighted by Crippen LogP contribution is 2.32. The smallest absolute Gasteiger partial charge is 0.0991 e. The topological polar surface area (TPSA) is 44.0 Å². The Bertz CT molecular complexity index is 340. The van der Waals surface area contributed by atoms with Gasteiger partial charge in [0.1, 0.15) is 0 Å². The Labute approximate surface area is 84.8 Å². The lowest BCUT2D eigenvalue weighted by Crippen LogP contribution is -2.17. The molecule has 0 spiro atoms. The number of hydrogen-bond acceptors (Lipinski definition) is 2. The van der Waals surface area contributed by atoms with Gasteiger partial charge in [0, 0.05) is 0 Å². The van der Waals surface area contributed by atoms with Crippen LogP contribution in [0.5, 0.6) is 0 Å². The van der Waals surface area contributed by atoms with Gasteiger partial charge in [0.15, 0.2) is 0 Å². The molecule has 0 bridgehead atoms. The molecule has 1 aromatic rings. The Hall–Kier alpha value is -1.33. The average Bonchev–Trinajstić information content (AvgIpc) is 2.15. The van der Waals surface area contributed by atoms with Crippen LogP contribution >= 0.6 is 0 Å². The van der Waals surface area contributed by atoms with Crippen molar-refractivity contribution in [3.63, 3.8) is 0 Å². The maximum Gasteiger partial charge on any atom is 0.0991 e. The van der Waals surface area contributed by atoms with E-state index in [9.17, 15) is 5.11 Å². The van der Waals surface area contributed by atoms with Gasteiger partial charge >= 0.3 is 0 Å². The fourth-order valence-electron chi connectivity index (χ4n) is 1.24. The van der Waals surface area contributed by atoms with E-state index in [1.54, 1.807) is 24.3 Å². The summed E-state index contributed by atoms with van der Waals surface area (Å²) < 4.78 is 0. The monoisotopic (exact) mass is 189 g/mol. The number of nitriles is 1. The summed E-state index contributed by atoms with van der Waals surface area (Å²) in [5.74, 6) is 0. The Morgan fingerprint density at radius 1 is 1.21 bits per heavy atom. The number of benzene rings is 1. The van der Waals surface area contributed by atoms with E-state index in [0.29, 0.717) is 5.56 Å². The van der Waals surface area contributed by atoms with Crippen LogP contribution in [-0.4, -0.2) is 5.11 Å². The molecule has 0 saturated heterocycles. The summed E-state index contributed by atoms with van der Waals surface area (Å²) in [7, 11) is 0. The van der Waals surface area contributed by atoms with Crippen molar-refractivity contribution in [1.82, 2.24) is 0 Å². The van der Waals surface area contributed by atoms with Crippen molar-refractivity contribution >= 4 is 0 Å². The minimum atomic E-state index is -0.491. The number of nitrogens with zero attached hydrogens (tertiary/aromatic N) is 1. The predicted octanol–water partition coefficient (Wildman–Crippen LogP) is 2.64. The molecular formula is C12H15NO. The second-order valence-corrected chi connectivity index (χ2v) is 4.50. The lowest BCUT2D eigenvalue weighted by atomic mass is 9.85. The van der Waals surface area contributed by atoms with Gasteiger partial charge in [-0.1, -0.05) is 32.9 Å². The van der Waals surface area contributed by atoms with Crippen molar-refractivity contribution in [3.05, 3.63) is 35.4 Å². The standard InChI is InChI=1S/C12H15NO/c1-12(2,3)11(14)10-6-4-9(8-13)5-7-10/h4-7,11,14H,1-3H3. The van der Waals surface area contributed by atoms with Gasteiger partial charge in [0.2, 0.25) is 0 Å². The van der Waals surface area contributed by atoms with Gasteiger partial charge < -0.3 is 5.11 Å². The van der Waals surface area contributed by atoms with E-state index in [1.165, 1.54) is 0 Å². The molecular weight excluding hydrogens is 174 g/mol. The van der Waals surface area contributed by atoms with Crippen molar-refractivity contribution < 1.29 is 5.11 Å². The first kappa shape index (κ1) is 10.7. The van der Waals surface area contributed by atoms with Crippen LogP contribution in [0.1, 0.15) is 38.0 Å². The first-order chi connectivity index (χ1) is 6.45. The van der Waals surface area contributed by atoms with E-state index in [1.807, 2.05) is 20.8 Å². The summed E-state index contributed by atoms with van der Waals surface area (Å²) >= 11 is 0. The highest BCUT2D eigenvalue weighted by Gasteiger charge is 2.23. The molecule has 0 heterocycles. The van der Waals surface area contributed by atoms with E-state index < -0.39 is 6.10 Å². The minimum Gasteiger partial charge on any atom is -0.388 e. The Morgan fingerprint density at radius 3 is 2.07 bits per heavy atom. The SMILES string of the molecule is CC(C)(C)C(O)c1ccc(C#N)cc1. The Balaban J connectivity index is 2.94. The molecule has 0 radical (unpaired) electrons. The summed E-state index contributed by atoms with van der Waals surface area (Å²) in [6.07, 6.45) is -0.491. The van der Waals surface area contributed by atoms with Crippen LogP contribution in [-0.2, 0) is 0 Å². The van der Waals surface area contributed by atoms with Gasteiger partial charge in [-0.3, -0.25) is 0 Å². The first-order valence-electron chi connectivity index (χ1n) is 4.63. The van der Waals surface area contributed by atoms with Crippen molar-refractivity contribution in [2.45, 2.75) is 26.9 Å². The molecule has 1 N–H and O–H groups in total. The fourth-order valence-corrected chi connectivity index (χ4v) is 1.24. The maximum atomic E-state index is 9.94. The number of hydrogen-bond donors (Lipinski definition) is 1. The molecule has 0 fully saturated rings. The number of rotatable bonds is 1. The largest absolute Gasteiger partial charge is 0.388 e. The third-order valence-electron chi connectivity index (χ3n) is 2.18. The second kappa shape index (κ2) is 3.81. The van der Waals surface area contributed by atoms with E-state index in [-0.39, 0.29) is 5.41 Å². The Morgan fingerprint density at radius 2 is 1.71 bits per heavy atom. The van der Waals surface area contributed by atoms with E-state index in [2.05, 4.69) is 6.07 Å². The van der Waals surface area contributed by atoms with Crippen LogP contribution in [0.2, 0.25) is 0 Å². The lowest BCUT2D eigenvalue weighted by molar-refractivity contribution is 0.0627. The van der Waals surface area contributed by atoms with Crippen LogP contribution in [0, 0.1) is 16.7 Å². The van der Waals surface area contributed by atoms with Gasteiger partial charge in [-0.2, -0.15) is 5.26 Å². The third-order valence-corrected chi connectivity index (χ3v) is 2.18. The fraction of sp³-hybridized carbons (Fsp3) is 0.417. The molecule has 0 aliphatic rings. The van der Waals surface area contributed by atoms with E-state index in [0.717, 1.165) is 5.56 Å². The van der Waals surface area contributed by atoms with Crippen molar-refractivity contribution in [2.75, 3.05) is 0 Å². The van der Waals surface area contributed by atoms with Crippen LogP contribution in [0.15, 0.2) is 24.3 Å². The lowest BCUT2D eigenvalue weighted by Gasteiger charge is -2.26. The van der Waals surface area contributed by atoms with Gasteiger partial charge in [0.05, 0.1) is 17.7 Å². The third kappa shape index (κ3) is 2.34. The molecule has 1 aromatic carbocycles. The molecule has 0 aromatic heterocycles. The highest BCUT2D eigenvalue weighted by atomic mass is 16.3. The molecule has 0 amide bonds. The van der Waals surface area contributed by atoms with Gasteiger partial charge in [-0.15, -0.1) is 0 Å². The zero-order valence-corrected chi connectivity index (χ0v) is 8.78. The van der Waals surface area contributed by atoms with Crippen LogP contribution in [0.4, 0.5) is 0 Å². The summed E-state index contributed by atoms with van der Waals surface area (Å²) in [5, 5.41) is 18.6. The van der Waals surface area contributed by atoms with E-state index in [4.69, 9.17) is 5.26 Å². The van der Waals surface area contributed by atoms with Crippen LogP contribution in [0.25, 0.3) is 0 Å². The van der Waals surface area contributed by atoms with Gasteiger partial charge in [-0.05, 0) is 23.1 Å². The molecule has 2 nitrogen and oxygen atoms in total. The summed E-state index contributed by atoms with van der Waals surface area (Å²) in [6.45, 7) is 5.95. The molecule has 0 aliphatic carbocycles. The number of aliphatic hydroxyl groups excluding tert-OH is 1. The highest BCUT2D eigenvalue weighted by molar-refractivity contribution is 5.32. The predicted molar refractivity (Wildman–Crippen MR) is 55.6 cm³/mol. The quantitative estimate of drug-likeness (QED) is 0.738. The summed E-state index contributed by atoms with van der Waals surface area (Å²) in [5.41, 5.74) is 1.31. The molecule has 1 atom stereocenters. The molecule has 14 heavy (non-hydrogen) atoms. The summed E-state index contributed by atoms with van der Waals surface area (Å²) in [6, 6.07) is 9.10. The first-order valence-corrected chi connectivity index (χ1v) is 4.63. The normalized spacial score (nSPS) is 13.4. The number of aliphatic hydroxyl groups is 1. The van der Waals surface area contributed by atoms with Crippen molar-refractivity contribution in [2.24, 2.45) is 5.41 Å². The maximum absolute atomic E-state index is 9.94. The zero-order chi connectivity index (χ0) is 10.8. The van der Waals surface area contributed by atoms with Gasteiger partial charge in [-0.25, -0.2) is 0 Å². The second-order valence-electron chi connectivity index (χ2n) is 4.50.